The third kappa shape index (κ3) is 3.22. The van der Waals surface area contributed by atoms with Gasteiger partial charge in [-0.15, -0.1) is 0 Å². The smallest absolute Gasteiger partial charge is 0.310 e. The highest BCUT2D eigenvalue weighted by molar-refractivity contribution is 6.31. The quantitative estimate of drug-likeness (QED) is 0.634. The average Bonchev–Trinajstić information content (AvgIpc) is 2.98. The van der Waals surface area contributed by atoms with Crippen molar-refractivity contribution in [1.29, 1.82) is 0 Å². The number of aliphatic carboxylic acids is 1. The summed E-state index contributed by atoms with van der Waals surface area (Å²) in [6.45, 7) is 5.62. The second-order valence-corrected chi connectivity index (χ2v) is 7.06. The summed E-state index contributed by atoms with van der Waals surface area (Å²) in [5, 5.41) is 10.6. The average molecular weight is 371 g/mol. The maximum atomic E-state index is 13.1. The number of benzene rings is 1. The van der Waals surface area contributed by atoms with Gasteiger partial charge in [0.25, 0.3) is 0 Å². The minimum Gasteiger partial charge on any atom is -0.481 e. The molecule has 0 aliphatic rings. The number of carboxylic acid groups (broad SMARTS) is 1. The summed E-state index contributed by atoms with van der Waals surface area (Å²) in [5.74, 6) is -1.95. The Labute approximate surface area is 156 Å². The van der Waals surface area contributed by atoms with Crippen LogP contribution in [0.25, 0.3) is 10.9 Å². The van der Waals surface area contributed by atoms with Crippen molar-refractivity contribution < 1.29 is 14.7 Å². The summed E-state index contributed by atoms with van der Waals surface area (Å²) in [4.78, 5) is 32.0. The van der Waals surface area contributed by atoms with Gasteiger partial charge in [0.1, 0.15) is 5.69 Å². The number of aromatic amines is 1. The number of carboxylic acids is 1. The van der Waals surface area contributed by atoms with Crippen molar-refractivity contribution >= 4 is 34.3 Å². The molecule has 2 N–H and O–H groups in total. The van der Waals surface area contributed by atoms with Gasteiger partial charge in [-0.05, 0) is 48.7 Å². The predicted molar refractivity (Wildman–Crippen MR) is 101 cm³/mol. The van der Waals surface area contributed by atoms with Crippen LogP contribution in [0.3, 0.4) is 0 Å². The third-order valence-electron chi connectivity index (χ3n) is 4.51. The first kappa shape index (κ1) is 18.1. The summed E-state index contributed by atoms with van der Waals surface area (Å²) in [6.07, 6.45) is 1.60. The Morgan fingerprint density at radius 2 is 1.88 bits per heavy atom. The van der Waals surface area contributed by atoms with Crippen LogP contribution in [-0.4, -0.2) is 26.8 Å². The number of rotatable bonds is 5. The van der Waals surface area contributed by atoms with E-state index in [1.54, 1.807) is 37.4 Å². The lowest BCUT2D eigenvalue weighted by Crippen LogP contribution is -2.14. The lowest BCUT2D eigenvalue weighted by atomic mass is 9.94. The number of hydrogen-bond acceptors (Lipinski definition) is 3. The fourth-order valence-corrected chi connectivity index (χ4v) is 3.17. The van der Waals surface area contributed by atoms with E-state index in [4.69, 9.17) is 11.6 Å². The van der Waals surface area contributed by atoms with Gasteiger partial charge >= 0.3 is 5.97 Å². The first-order valence-electron chi connectivity index (χ1n) is 8.34. The second kappa shape index (κ2) is 6.92. The van der Waals surface area contributed by atoms with E-state index in [0.717, 1.165) is 5.56 Å². The molecule has 0 saturated heterocycles. The largest absolute Gasteiger partial charge is 0.481 e. The third-order valence-corrected chi connectivity index (χ3v) is 4.75. The molecular weight excluding hydrogens is 352 g/mol. The SMILES string of the molecule is CC(C)c1ccnc(C(=O)c2[nH]c3ccc(Cl)cc3c2C(C)C(=O)O)c1. The molecule has 2 aromatic heterocycles. The Hall–Kier alpha value is -2.66. The molecule has 0 radical (unpaired) electrons. The molecule has 0 spiro atoms. The van der Waals surface area contributed by atoms with E-state index in [0.29, 0.717) is 21.5 Å². The van der Waals surface area contributed by atoms with Crippen LogP contribution in [0, 0.1) is 0 Å². The zero-order valence-electron chi connectivity index (χ0n) is 14.7. The highest BCUT2D eigenvalue weighted by atomic mass is 35.5. The Bertz CT molecular complexity index is 1010. The van der Waals surface area contributed by atoms with E-state index in [2.05, 4.69) is 9.97 Å². The van der Waals surface area contributed by atoms with Gasteiger partial charge in [-0.3, -0.25) is 14.6 Å². The standard InChI is InChI=1S/C20H19ClN2O3/c1-10(2)12-6-7-22-16(8-12)19(24)18-17(11(3)20(25)26)14-9-13(21)4-5-15(14)23-18/h4-11,23H,1-3H3,(H,25,26). The Morgan fingerprint density at radius 3 is 2.54 bits per heavy atom. The van der Waals surface area contributed by atoms with Crippen LogP contribution in [0.5, 0.6) is 0 Å². The summed E-state index contributed by atoms with van der Waals surface area (Å²) in [5.41, 5.74) is 2.62. The number of hydrogen-bond donors (Lipinski definition) is 2. The molecule has 0 bridgehead atoms. The fraction of sp³-hybridized carbons (Fsp3) is 0.250. The van der Waals surface area contributed by atoms with Gasteiger partial charge in [-0.1, -0.05) is 25.4 Å². The number of halogens is 1. The molecule has 3 aromatic rings. The van der Waals surface area contributed by atoms with Crippen LogP contribution in [-0.2, 0) is 4.79 Å². The number of nitrogens with one attached hydrogen (secondary N) is 1. The van der Waals surface area contributed by atoms with E-state index >= 15 is 0 Å². The number of H-pyrrole nitrogens is 1. The minimum absolute atomic E-state index is 0.241. The van der Waals surface area contributed by atoms with Gasteiger partial charge in [-0.25, -0.2) is 0 Å². The zero-order valence-corrected chi connectivity index (χ0v) is 15.5. The molecule has 134 valence electrons. The first-order chi connectivity index (χ1) is 12.3. The van der Waals surface area contributed by atoms with Crippen LogP contribution < -0.4 is 0 Å². The summed E-state index contributed by atoms with van der Waals surface area (Å²) in [6, 6.07) is 8.73. The van der Waals surface area contributed by atoms with Crippen molar-refractivity contribution in [3.63, 3.8) is 0 Å². The topological polar surface area (TPSA) is 83.0 Å². The zero-order chi connectivity index (χ0) is 19.0. The van der Waals surface area contributed by atoms with E-state index in [9.17, 15) is 14.7 Å². The van der Waals surface area contributed by atoms with Crippen LogP contribution >= 0.6 is 11.6 Å². The summed E-state index contributed by atoms with van der Waals surface area (Å²) < 4.78 is 0. The predicted octanol–water partition coefficient (Wildman–Crippen LogP) is 4.76. The van der Waals surface area contributed by atoms with Crippen LogP contribution in [0.1, 0.15) is 59.9 Å². The van der Waals surface area contributed by atoms with Gasteiger partial charge < -0.3 is 10.1 Å². The van der Waals surface area contributed by atoms with Crippen molar-refractivity contribution in [3.05, 3.63) is 64.1 Å². The molecule has 2 heterocycles. The molecule has 0 aliphatic heterocycles. The number of pyridine rings is 1. The highest BCUT2D eigenvalue weighted by Crippen LogP contribution is 2.32. The molecule has 0 aliphatic carbocycles. The van der Waals surface area contributed by atoms with Gasteiger partial charge in [-0.2, -0.15) is 0 Å². The normalized spacial score (nSPS) is 12.5. The molecule has 26 heavy (non-hydrogen) atoms. The molecule has 3 rings (SSSR count). The fourth-order valence-electron chi connectivity index (χ4n) is 3.00. The number of nitrogens with zero attached hydrogens (tertiary/aromatic N) is 1. The Kier molecular flexibility index (Phi) is 4.83. The number of fused-ring (bicyclic) bond motifs is 1. The van der Waals surface area contributed by atoms with E-state index < -0.39 is 11.9 Å². The van der Waals surface area contributed by atoms with E-state index in [1.807, 2.05) is 19.9 Å². The van der Waals surface area contributed by atoms with Crippen molar-refractivity contribution in [3.8, 4) is 0 Å². The highest BCUT2D eigenvalue weighted by Gasteiger charge is 2.27. The molecule has 6 heteroatoms. The van der Waals surface area contributed by atoms with Crippen molar-refractivity contribution in [2.45, 2.75) is 32.6 Å². The van der Waals surface area contributed by atoms with Crippen molar-refractivity contribution in [2.75, 3.05) is 0 Å². The van der Waals surface area contributed by atoms with Crippen LogP contribution in [0.2, 0.25) is 5.02 Å². The molecule has 0 amide bonds. The van der Waals surface area contributed by atoms with E-state index in [1.165, 1.54) is 0 Å². The molecule has 0 saturated carbocycles. The van der Waals surface area contributed by atoms with Gasteiger partial charge in [0.2, 0.25) is 5.78 Å². The molecule has 1 atom stereocenters. The van der Waals surface area contributed by atoms with Crippen molar-refractivity contribution in [1.82, 2.24) is 9.97 Å². The van der Waals surface area contributed by atoms with Crippen LogP contribution in [0.4, 0.5) is 0 Å². The monoisotopic (exact) mass is 370 g/mol. The Balaban J connectivity index is 2.20. The minimum atomic E-state index is -1.01. The summed E-state index contributed by atoms with van der Waals surface area (Å²) >= 11 is 6.08. The van der Waals surface area contributed by atoms with Crippen LogP contribution in [0.15, 0.2) is 36.5 Å². The molecule has 5 nitrogen and oxygen atoms in total. The maximum absolute atomic E-state index is 13.1. The molecule has 1 aromatic carbocycles. The number of carbonyl (C=O) groups excluding carboxylic acids is 1. The first-order valence-corrected chi connectivity index (χ1v) is 8.72. The summed E-state index contributed by atoms with van der Waals surface area (Å²) in [7, 11) is 0. The van der Waals surface area contributed by atoms with Crippen molar-refractivity contribution in [2.24, 2.45) is 0 Å². The van der Waals surface area contributed by atoms with Gasteiger partial charge in [0, 0.05) is 27.7 Å². The molecule has 0 fully saturated rings. The number of carbonyl (C=O) groups is 2. The Morgan fingerprint density at radius 1 is 1.15 bits per heavy atom. The molecule has 1 unspecified atom stereocenters. The lowest BCUT2D eigenvalue weighted by Gasteiger charge is -2.10. The molecular formula is C20H19ClN2O3. The van der Waals surface area contributed by atoms with E-state index in [-0.39, 0.29) is 23.1 Å². The number of ketones is 1. The second-order valence-electron chi connectivity index (χ2n) is 6.62. The number of aromatic nitrogens is 2. The van der Waals surface area contributed by atoms with Gasteiger partial charge in [0.05, 0.1) is 11.6 Å². The maximum Gasteiger partial charge on any atom is 0.310 e. The van der Waals surface area contributed by atoms with Gasteiger partial charge in [0.15, 0.2) is 0 Å². The lowest BCUT2D eigenvalue weighted by molar-refractivity contribution is -0.138.